The predicted octanol–water partition coefficient (Wildman–Crippen LogP) is 3.74. The van der Waals surface area contributed by atoms with Crippen LogP contribution in [-0.4, -0.2) is 26.9 Å². The lowest BCUT2D eigenvalue weighted by Gasteiger charge is -2.12. The average Bonchev–Trinajstić information content (AvgIpc) is 3.02. The van der Waals surface area contributed by atoms with E-state index in [1.807, 2.05) is 47.9 Å². The van der Waals surface area contributed by atoms with Gasteiger partial charge in [0.25, 0.3) is 11.8 Å². The molecular weight excluding hydrogens is 326 g/mol. The van der Waals surface area contributed by atoms with E-state index in [9.17, 15) is 0 Å². The second-order valence-corrected chi connectivity index (χ2v) is 5.99. The van der Waals surface area contributed by atoms with Crippen LogP contribution < -0.4 is 10.1 Å². The van der Waals surface area contributed by atoms with Crippen molar-refractivity contribution < 1.29 is 4.74 Å². The van der Waals surface area contributed by atoms with Gasteiger partial charge >= 0.3 is 0 Å². The van der Waals surface area contributed by atoms with Crippen LogP contribution in [0.1, 0.15) is 11.3 Å². The zero-order chi connectivity index (χ0) is 17.9. The monoisotopic (exact) mass is 345 g/mol. The largest absolute Gasteiger partial charge is 0.477 e. The number of fused-ring (bicyclic) bond motifs is 1. The fourth-order valence-corrected chi connectivity index (χ4v) is 2.99. The van der Waals surface area contributed by atoms with Crippen LogP contribution in [0.5, 0.6) is 5.88 Å². The number of aromatic nitrogens is 4. The molecule has 0 fully saturated rings. The summed E-state index contributed by atoms with van der Waals surface area (Å²) in [4.78, 5) is 4.67. The van der Waals surface area contributed by atoms with E-state index in [0.717, 1.165) is 22.2 Å². The number of hydrogen-bond acceptors (Lipinski definition) is 5. The molecule has 2 aromatic heterocycles. The molecule has 0 aliphatic heterocycles. The van der Waals surface area contributed by atoms with E-state index in [-0.39, 0.29) is 0 Å². The topological polar surface area (TPSA) is 64.9 Å². The minimum atomic E-state index is 0.374. The normalized spacial score (nSPS) is 10.8. The van der Waals surface area contributed by atoms with Crippen LogP contribution in [0.3, 0.4) is 0 Å². The average molecular weight is 345 g/mol. The quantitative estimate of drug-likeness (QED) is 0.597. The Morgan fingerprint density at radius 1 is 1.00 bits per heavy atom. The van der Waals surface area contributed by atoms with Crippen molar-refractivity contribution in [2.24, 2.45) is 0 Å². The van der Waals surface area contributed by atoms with Gasteiger partial charge in [-0.15, -0.1) is 10.2 Å². The second kappa shape index (κ2) is 6.84. The zero-order valence-corrected chi connectivity index (χ0v) is 14.7. The minimum absolute atomic E-state index is 0.374. The predicted molar refractivity (Wildman–Crippen MR) is 102 cm³/mol. The summed E-state index contributed by atoms with van der Waals surface area (Å²) >= 11 is 0. The van der Waals surface area contributed by atoms with E-state index in [1.165, 1.54) is 0 Å². The maximum absolute atomic E-state index is 5.32. The van der Waals surface area contributed by atoms with Crippen LogP contribution in [0.2, 0.25) is 0 Å². The number of nitrogens with one attached hydrogen (secondary N) is 1. The van der Waals surface area contributed by atoms with Crippen LogP contribution in [0.25, 0.3) is 16.9 Å². The Morgan fingerprint density at radius 3 is 2.58 bits per heavy atom. The van der Waals surface area contributed by atoms with Crippen molar-refractivity contribution in [3.8, 4) is 11.8 Å². The number of ether oxygens (including phenoxy) is 1. The van der Waals surface area contributed by atoms with Crippen molar-refractivity contribution in [2.45, 2.75) is 13.5 Å². The first-order valence-electron chi connectivity index (χ1n) is 8.40. The summed E-state index contributed by atoms with van der Waals surface area (Å²) in [6.07, 6.45) is 0. The van der Waals surface area contributed by atoms with Gasteiger partial charge in [0.05, 0.1) is 12.6 Å². The number of nitrogens with zero attached hydrogens (tertiary/aromatic N) is 4. The lowest BCUT2D eigenvalue weighted by atomic mass is 10.2. The Hall–Kier alpha value is -3.41. The summed E-state index contributed by atoms with van der Waals surface area (Å²) in [6.45, 7) is 2.66. The summed E-state index contributed by atoms with van der Waals surface area (Å²) in [7, 11) is 1.56. The van der Waals surface area contributed by atoms with Crippen LogP contribution in [0.4, 0.5) is 5.82 Å². The number of aryl methyl sites for hydroxylation is 1. The van der Waals surface area contributed by atoms with Crippen molar-refractivity contribution in [2.75, 3.05) is 12.4 Å². The van der Waals surface area contributed by atoms with Crippen molar-refractivity contribution in [3.05, 3.63) is 71.9 Å². The number of rotatable bonds is 5. The molecule has 6 heteroatoms. The lowest BCUT2D eigenvalue weighted by molar-refractivity contribution is 0.391. The van der Waals surface area contributed by atoms with Gasteiger partial charge in [0.1, 0.15) is 0 Å². The maximum atomic E-state index is 5.32. The van der Waals surface area contributed by atoms with Gasteiger partial charge < -0.3 is 10.1 Å². The molecule has 0 saturated carbocycles. The molecule has 0 amide bonds. The fraction of sp³-hybridized carbons (Fsp3) is 0.150. The van der Waals surface area contributed by atoms with Gasteiger partial charge in [0.15, 0.2) is 5.82 Å². The summed E-state index contributed by atoms with van der Waals surface area (Å²) < 4.78 is 7.31. The van der Waals surface area contributed by atoms with Gasteiger partial charge in [-0.2, -0.15) is 4.98 Å². The van der Waals surface area contributed by atoms with Crippen LogP contribution >= 0.6 is 0 Å². The molecule has 2 heterocycles. The van der Waals surface area contributed by atoms with Gasteiger partial charge in [-0.1, -0.05) is 48.5 Å². The first kappa shape index (κ1) is 16.1. The summed E-state index contributed by atoms with van der Waals surface area (Å²) in [5.41, 5.74) is 3.25. The van der Waals surface area contributed by atoms with E-state index < -0.39 is 0 Å². The van der Waals surface area contributed by atoms with E-state index in [1.54, 1.807) is 7.11 Å². The van der Waals surface area contributed by atoms with Crippen LogP contribution in [0.15, 0.2) is 60.7 Å². The molecule has 4 rings (SSSR count). The first-order chi connectivity index (χ1) is 12.8. The molecule has 2 aromatic carbocycles. The number of anilines is 1. The summed E-state index contributed by atoms with van der Waals surface area (Å²) in [6, 6.07) is 20.4. The molecule has 0 aliphatic rings. The molecule has 130 valence electrons. The number of hydrogen-bond donors (Lipinski definition) is 1. The molecule has 0 saturated heterocycles. The van der Waals surface area contributed by atoms with Crippen LogP contribution in [0, 0.1) is 6.92 Å². The molecule has 1 N–H and O–H groups in total. The molecule has 4 aromatic rings. The van der Waals surface area contributed by atoms with Crippen LogP contribution in [-0.2, 0) is 6.54 Å². The molecule has 6 nitrogen and oxygen atoms in total. The van der Waals surface area contributed by atoms with Gasteiger partial charge in [-0.3, -0.25) is 4.57 Å². The molecule has 0 radical (unpaired) electrons. The van der Waals surface area contributed by atoms with Gasteiger partial charge in [-0.25, -0.2) is 0 Å². The Labute approximate surface area is 151 Å². The number of benzene rings is 2. The molecule has 0 spiro atoms. The van der Waals surface area contributed by atoms with Gasteiger partial charge in [-0.05, 0) is 24.6 Å². The third-order valence-corrected chi connectivity index (χ3v) is 4.24. The second-order valence-electron chi connectivity index (χ2n) is 5.99. The van der Waals surface area contributed by atoms with E-state index >= 15 is 0 Å². The zero-order valence-electron chi connectivity index (χ0n) is 14.7. The standard InChI is InChI=1S/C20H19N5O/c1-14-12-16-10-6-7-11-17(16)25(14)20-22-18(19(26-2)23-24-20)21-13-15-8-4-3-5-9-15/h3-12H,13H2,1-2H3,(H,21,22,24). The Kier molecular flexibility index (Phi) is 4.23. The molecule has 0 bridgehead atoms. The maximum Gasteiger partial charge on any atom is 0.276 e. The van der Waals surface area contributed by atoms with E-state index in [0.29, 0.717) is 24.2 Å². The Morgan fingerprint density at radius 2 is 1.77 bits per heavy atom. The van der Waals surface area contributed by atoms with Gasteiger partial charge in [0, 0.05) is 17.6 Å². The third kappa shape index (κ3) is 2.97. The first-order valence-corrected chi connectivity index (χ1v) is 8.40. The van der Waals surface area contributed by atoms with E-state index in [4.69, 9.17) is 4.74 Å². The van der Waals surface area contributed by atoms with Crippen molar-refractivity contribution in [3.63, 3.8) is 0 Å². The summed E-state index contributed by atoms with van der Waals surface area (Å²) in [5, 5.41) is 12.9. The highest BCUT2D eigenvalue weighted by Gasteiger charge is 2.14. The highest BCUT2D eigenvalue weighted by atomic mass is 16.5. The summed E-state index contributed by atoms with van der Waals surface area (Å²) in [5.74, 6) is 1.46. The SMILES string of the molecule is COc1nnc(-n2c(C)cc3ccccc32)nc1NCc1ccccc1. The molecule has 26 heavy (non-hydrogen) atoms. The van der Waals surface area contributed by atoms with E-state index in [2.05, 4.69) is 44.8 Å². The lowest BCUT2D eigenvalue weighted by Crippen LogP contribution is -2.10. The van der Waals surface area contributed by atoms with Gasteiger partial charge in [0.2, 0.25) is 0 Å². The van der Waals surface area contributed by atoms with Crippen molar-refractivity contribution in [1.82, 2.24) is 19.7 Å². The molecule has 0 atom stereocenters. The Bertz CT molecular complexity index is 1040. The Balaban J connectivity index is 1.72. The fourth-order valence-electron chi connectivity index (χ4n) is 2.99. The highest BCUT2D eigenvalue weighted by Crippen LogP contribution is 2.25. The molecule has 0 unspecified atom stereocenters. The minimum Gasteiger partial charge on any atom is -0.477 e. The highest BCUT2D eigenvalue weighted by molar-refractivity contribution is 5.82. The number of methoxy groups -OCH3 is 1. The van der Waals surface area contributed by atoms with Crippen molar-refractivity contribution in [1.29, 1.82) is 0 Å². The third-order valence-electron chi connectivity index (χ3n) is 4.24. The smallest absolute Gasteiger partial charge is 0.276 e. The van der Waals surface area contributed by atoms with Crippen molar-refractivity contribution >= 4 is 16.7 Å². The number of para-hydroxylation sites is 1. The molecule has 0 aliphatic carbocycles. The molecular formula is C20H19N5O.